The van der Waals surface area contributed by atoms with E-state index in [4.69, 9.17) is 5.73 Å². The maximum absolute atomic E-state index is 5.93. The van der Waals surface area contributed by atoms with Crippen LogP contribution in [-0.2, 0) is 0 Å². The lowest BCUT2D eigenvalue weighted by molar-refractivity contribution is 0.570. The molecule has 12 heavy (non-hydrogen) atoms. The lowest BCUT2D eigenvalue weighted by atomic mass is 10.0. The minimum absolute atomic E-state index is 0.257. The Morgan fingerprint density at radius 2 is 2.17 bits per heavy atom. The van der Waals surface area contributed by atoms with Gasteiger partial charge in [0.15, 0.2) is 0 Å². The number of hydrogen-bond acceptors (Lipinski definition) is 3. The molecule has 0 bridgehead atoms. The zero-order chi connectivity index (χ0) is 8.39. The van der Waals surface area contributed by atoms with Crippen LogP contribution < -0.4 is 11.1 Å². The van der Waals surface area contributed by atoms with E-state index in [0.29, 0.717) is 6.04 Å². The Kier molecular flexibility index (Phi) is 2.06. The number of aromatic nitrogens is 1. The first-order valence-electron chi connectivity index (χ1n) is 4.27. The fourth-order valence-corrected chi connectivity index (χ4v) is 1.66. The van der Waals surface area contributed by atoms with Gasteiger partial charge in [-0.1, -0.05) is 0 Å². The first-order chi connectivity index (χ1) is 5.88. The summed E-state index contributed by atoms with van der Waals surface area (Å²) in [5, 5.41) is 3.37. The highest BCUT2D eigenvalue weighted by Gasteiger charge is 2.24. The molecule has 2 rings (SSSR count). The molecule has 0 amide bonds. The number of rotatable bonds is 1. The molecule has 1 aliphatic rings. The van der Waals surface area contributed by atoms with Crippen LogP contribution in [0.15, 0.2) is 24.5 Å². The third-order valence-electron chi connectivity index (χ3n) is 2.34. The molecule has 1 aliphatic heterocycles. The van der Waals surface area contributed by atoms with Crippen LogP contribution in [0.25, 0.3) is 0 Å². The fourth-order valence-electron chi connectivity index (χ4n) is 1.66. The summed E-state index contributed by atoms with van der Waals surface area (Å²) in [4.78, 5) is 3.97. The van der Waals surface area contributed by atoms with E-state index < -0.39 is 0 Å². The van der Waals surface area contributed by atoms with Crippen LogP contribution in [0.4, 0.5) is 0 Å². The van der Waals surface area contributed by atoms with E-state index in [-0.39, 0.29) is 6.04 Å². The van der Waals surface area contributed by atoms with Gasteiger partial charge in [-0.05, 0) is 30.7 Å². The fraction of sp³-hybridized carbons (Fsp3) is 0.444. The second kappa shape index (κ2) is 3.21. The van der Waals surface area contributed by atoms with Gasteiger partial charge in [0, 0.05) is 24.5 Å². The zero-order valence-corrected chi connectivity index (χ0v) is 6.90. The summed E-state index contributed by atoms with van der Waals surface area (Å²) in [6.07, 6.45) is 4.68. The van der Waals surface area contributed by atoms with E-state index in [0.717, 1.165) is 13.0 Å². The van der Waals surface area contributed by atoms with Crippen molar-refractivity contribution < 1.29 is 0 Å². The van der Waals surface area contributed by atoms with E-state index in [9.17, 15) is 0 Å². The van der Waals surface area contributed by atoms with Crippen LogP contribution in [0.2, 0.25) is 0 Å². The molecular formula is C9H13N3. The van der Waals surface area contributed by atoms with Crippen molar-refractivity contribution in [1.82, 2.24) is 10.3 Å². The Morgan fingerprint density at radius 3 is 2.75 bits per heavy atom. The smallest absolute Gasteiger partial charge is 0.0475 e. The normalized spacial score (nSPS) is 29.1. The molecule has 1 fully saturated rings. The van der Waals surface area contributed by atoms with Crippen LogP contribution >= 0.6 is 0 Å². The van der Waals surface area contributed by atoms with Gasteiger partial charge < -0.3 is 11.1 Å². The molecular weight excluding hydrogens is 150 g/mol. The minimum atomic E-state index is 0.257. The first kappa shape index (κ1) is 7.71. The van der Waals surface area contributed by atoms with E-state index in [1.165, 1.54) is 5.56 Å². The second-order valence-electron chi connectivity index (χ2n) is 3.16. The molecule has 0 spiro atoms. The average molecular weight is 163 g/mol. The number of hydrogen-bond donors (Lipinski definition) is 2. The van der Waals surface area contributed by atoms with E-state index in [2.05, 4.69) is 10.3 Å². The number of nitrogens with zero attached hydrogens (tertiary/aromatic N) is 1. The molecule has 2 atom stereocenters. The van der Waals surface area contributed by atoms with Gasteiger partial charge in [-0.25, -0.2) is 0 Å². The van der Waals surface area contributed by atoms with Crippen LogP contribution in [0, 0.1) is 0 Å². The number of pyridine rings is 1. The molecule has 0 saturated carbocycles. The zero-order valence-electron chi connectivity index (χ0n) is 6.90. The maximum atomic E-state index is 5.93. The van der Waals surface area contributed by atoms with Crippen molar-refractivity contribution in [3.8, 4) is 0 Å². The summed E-state index contributed by atoms with van der Waals surface area (Å²) >= 11 is 0. The minimum Gasteiger partial charge on any atom is -0.326 e. The van der Waals surface area contributed by atoms with Crippen molar-refractivity contribution in [2.45, 2.75) is 18.5 Å². The predicted molar refractivity (Wildman–Crippen MR) is 47.6 cm³/mol. The number of nitrogens with two attached hydrogens (primary N) is 1. The Hall–Kier alpha value is -0.930. The monoisotopic (exact) mass is 163 g/mol. The molecule has 1 aromatic rings. The third kappa shape index (κ3) is 1.33. The van der Waals surface area contributed by atoms with Gasteiger partial charge >= 0.3 is 0 Å². The lowest BCUT2D eigenvalue weighted by Crippen LogP contribution is -2.28. The SMILES string of the molecule is NC1CCNC1c1ccncc1. The predicted octanol–water partition coefficient (Wildman–Crippen LogP) is 0.443. The Balaban J connectivity index is 2.19. The van der Waals surface area contributed by atoms with Crippen LogP contribution in [0.5, 0.6) is 0 Å². The highest BCUT2D eigenvalue weighted by Crippen LogP contribution is 2.20. The highest BCUT2D eigenvalue weighted by atomic mass is 15.0. The highest BCUT2D eigenvalue weighted by molar-refractivity contribution is 5.18. The van der Waals surface area contributed by atoms with Gasteiger partial charge in [-0.3, -0.25) is 4.98 Å². The molecule has 3 N–H and O–H groups in total. The van der Waals surface area contributed by atoms with Crippen molar-refractivity contribution in [2.24, 2.45) is 5.73 Å². The molecule has 1 saturated heterocycles. The van der Waals surface area contributed by atoms with Crippen molar-refractivity contribution in [3.63, 3.8) is 0 Å². The molecule has 2 heterocycles. The van der Waals surface area contributed by atoms with Gasteiger partial charge in [-0.15, -0.1) is 0 Å². The Morgan fingerprint density at radius 1 is 1.42 bits per heavy atom. The Labute approximate surface area is 72.0 Å². The first-order valence-corrected chi connectivity index (χ1v) is 4.27. The molecule has 64 valence electrons. The molecule has 0 aromatic carbocycles. The quantitative estimate of drug-likeness (QED) is 0.631. The molecule has 1 aromatic heterocycles. The topological polar surface area (TPSA) is 50.9 Å². The molecule has 3 heteroatoms. The second-order valence-corrected chi connectivity index (χ2v) is 3.16. The summed E-state index contributed by atoms with van der Waals surface area (Å²) in [6.45, 7) is 1.02. The summed E-state index contributed by atoms with van der Waals surface area (Å²) in [7, 11) is 0. The average Bonchev–Trinajstić information content (AvgIpc) is 2.53. The van der Waals surface area contributed by atoms with Crippen molar-refractivity contribution >= 4 is 0 Å². The Bertz CT molecular complexity index is 247. The van der Waals surface area contributed by atoms with Crippen LogP contribution in [0.1, 0.15) is 18.0 Å². The molecule has 3 nitrogen and oxygen atoms in total. The van der Waals surface area contributed by atoms with Crippen molar-refractivity contribution in [2.75, 3.05) is 6.54 Å². The summed E-state index contributed by atoms with van der Waals surface area (Å²) in [5.41, 5.74) is 7.17. The molecule has 0 radical (unpaired) electrons. The molecule has 2 unspecified atom stereocenters. The summed E-state index contributed by atoms with van der Waals surface area (Å²) in [5.74, 6) is 0. The van der Waals surface area contributed by atoms with Crippen molar-refractivity contribution in [1.29, 1.82) is 0 Å². The maximum Gasteiger partial charge on any atom is 0.0475 e. The van der Waals surface area contributed by atoms with Gasteiger partial charge in [0.2, 0.25) is 0 Å². The van der Waals surface area contributed by atoms with Crippen LogP contribution in [-0.4, -0.2) is 17.6 Å². The van der Waals surface area contributed by atoms with Gasteiger partial charge in [0.1, 0.15) is 0 Å². The number of nitrogens with one attached hydrogen (secondary N) is 1. The van der Waals surface area contributed by atoms with Gasteiger partial charge in [0.25, 0.3) is 0 Å². The van der Waals surface area contributed by atoms with E-state index >= 15 is 0 Å². The standard InChI is InChI=1S/C9H13N3/c10-8-3-6-12-9(8)7-1-4-11-5-2-7/h1-2,4-5,8-9,12H,3,6,10H2. The summed E-state index contributed by atoms with van der Waals surface area (Å²) < 4.78 is 0. The van der Waals surface area contributed by atoms with Gasteiger partial charge in [0.05, 0.1) is 0 Å². The summed E-state index contributed by atoms with van der Waals surface area (Å²) in [6, 6.07) is 4.62. The van der Waals surface area contributed by atoms with Crippen molar-refractivity contribution in [3.05, 3.63) is 30.1 Å². The van der Waals surface area contributed by atoms with E-state index in [1.54, 1.807) is 0 Å². The van der Waals surface area contributed by atoms with Crippen LogP contribution in [0.3, 0.4) is 0 Å². The lowest BCUT2D eigenvalue weighted by Gasteiger charge is -2.15. The largest absolute Gasteiger partial charge is 0.326 e. The third-order valence-corrected chi connectivity index (χ3v) is 2.34. The van der Waals surface area contributed by atoms with Gasteiger partial charge in [-0.2, -0.15) is 0 Å². The van der Waals surface area contributed by atoms with E-state index in [1.807, 2.05) is 24.5 Å². The molecule has 0 aliphatic carbocycles.